The smallest absolute Gasteiger partial charge is 0.264 e. The van der Waals surface area contributed by atoms with Gasteiger partial charge in [-0.3, -0.25) is 10.0 Å². The van der Waals surface area contributed by atoms with E-state index in [0.29, 0.717) is 16.5 Å². The van der Waals surface area contributed by atoms with E-state index >= 15 is 0 Å². The number of sulfonamides is 1. The molecule has 3 N–H and O–H groups in total. The van der Waals surface area contributed by atoms with Crippen molar-refractivity contribution in [3.8, 4) is 11.5 Å². The highest BCUT2D eigenvalue weighted by Gasteiger charge is 2.51. The maximum Gasteiger partial charge on any atom is 0.264 e. The topological polar surface area (TPSA) is 114 Å². The van der Waals surface area contributed by atoms with Crippen molar-refractivity contribution in [2.45, 2.75) is 48.3 Å². The van der Waals surface area contributed by atoms with Crippen molar-refractivity contribution in [1.82, 2.24) is 10.2 Å². The summed E-state index contributed by atoms with van der Waals surface area (Å²) in [7, 11) is -4.04. The Hall–Kier alpha value is -2.17. The molecule has 160 valence electrons. The molecule has 0 aromatic heterocycles. The Morgan fingerprint density at radius 3 is 2.10 bits per heavy atom. The highest BCUT2D eigenvalue weighted by Crippen LogP contribution is 2.39. The summed E-state index contributed by atoms with van der Waals surface area (Å²) in [6, 6.07) is 12.6. The Morgan fingerprint density at radius 1 is 1.03 bits per heavy atom. The summed E-state index contributed by atoms with van der Waals surface area (Å²) in [6.07, 6.45) is 1.38. The molecular formula is C20H21ClN2O6S. The van der Waals surface area contributed by atoms with Crippen LogP contribution in [0.3, 0.4) is 0 Å². The van der Waals surface area contributed by atoms with Gasteiger partial charge in [-0.15, -0.1) is 0 Å². The molecule has 10 heteroatoms. The molecule has 1 amide bonds. The quantitative estimate of drug-likeness (QED) is 0.458. The number of amides is 1. The average Bonchev–Trinajstić information content (AvgIpc) is 3.07. The maximum absolute atomic E-state index is 13.0. The Labute approximate surface area is 179 Å². The Bertz CT molecular complexity index is 1010. The van der Waals surface area contributed by atoms with Gasteiger partial charge in [0, 0.05) is 17.9 Å². The van der Waals surface area contributed by atoms with Crippen LogP contribution >= 0.6 is 11.6 Å². The van der Waals surface area contributed by atoms with Gasteiger partial charge in [-0.1, -0.05) is 11.6 Å². The maximum atomic E-state index is 13.0. The number of ether oxygens (including phenoxy) is 2. The van der Waals surface area contributed by atoms with Crippen molar-refractivity contribution < 1.29 is 27.9 Å². The fourth-order valence-electron chi connectivity index (χ4n) is 4.00. The summed E-state index contributed by atoms with van der Waals surface area (Å²) in [5.41, 5.74) is 0.146. The van der Waals surface area contributed by atoms with Crippen LogP contribution in [0.15, 0.2) is 53.4 Å². The van der Waals surface area contributed by atoms with Crippen LogP contribution in [0.5, 0.6) is 11.5 Å². The lowest BCUT2D eigenvalue weighted by Gasteiger charge is -2.38. The Balaban J connectivity index is 1.53. The summed E-state index contributed by atoms with van der Waals surface area (Å²) in [6.45, 7) is 0. The third kappa shape index (κ3) is 4.30. The highest BCUT2D eigenvalue weighted by molar-refractivity contribution is 7.89. The van der Waals surface area contributed by atoms with E-state index in [0.717, 1.165) is 12.8 Å². The molecular weight excluding hydrogens is 432 g/mol. The number of carbonyl (C=O) groups excluding carboxylic acids is 1. The van der Waals surface area contributed by atoms with Crippen LogP contribution in [0, 0.1) is 0 Å². The Kier molecular flexibility index (Phi) is 5.73. The number of halogens is 1. The molecule has 2 saturated heterocycles. The van der Waals surface area contributed by atoms with Crippen LogP contribution in [0.25, 0.3) is 0 Å². The van der Waals surface area contributed by atoms with Gasteiger partial charge in [0.2, 0.25) is 10.0 Å². The summed E-state index contributed by atoms with van der Waals surface area (Å²) in [4.78, 5) is 12.4. The molecule has 1 unspecified atom stereocenters. The third-order valence-electron chi connectivity index (χ3n) is 5.40. The molecule has 30 heavy (non-hydrogen) atoms. The number of carbonyl (C=O) groups is 1. The third-order valence-corrected chi connectivity index (χ3v) is 7.20. The van der Waals surface area contributed by atoms with Crippen LogP contribution < -0.4 is 14.9 Å². The number of rotatable bonds is 6. The molecule has 0 aliphatic carbocycles. The SMILES string of the molecule is O=C(NO)C1(NS(=O)(=O)c2ccc(Oc3ccc(Cl)cc3)cc2)C[C@H]2CC[C@@H](C1)O2. The van der Waals surface area contributed by atoms with Gasteiger partial charge in [0.1, 0.15) is 17.0 Å². The van der Waals surface area contributed by atoms with Crippen molar-refractivity contribution in [2.75, 3.05) is 0 Å². The molecule has 3 atom stereocenters. The molecule has 2 aliphatic heterocycles. The van der Waals surface area contributed by atoms with Crippen molar-refractivity contribution in [1.29, 1.82) is 0 Å². The van der Waals surface area contributed by atoms with Crippen molar-refractivity contribution in [2.24, 2.45) is 0 Å². The predicted octanol–water partition coefficient (Wildman–Crippen LogP) is 3.00. The minimum Gasteiger partial charge on any atom is -0.457 e. The second-order valence-electron chi connectivity index (χ2n) is 7.52. The molecule has 0 radical (unpaired) electrons. The average molecular weight is 453 g/mol. The first kappa shape index (κ1) is 21.1. The number of hydrogen-bond donors (Lipinski definition) is 3. The zero-order valence-electron chi connectivity index (χ0n) is 15.9. The molecule has 0 saturated carbocycles. The van der Waals surface area contributed by atoms with Crippen LogP contribution in [0.4, 0.5) is 0 Å². The van der Waals surface area contributed by atoms with E-state index in [-0.39, 0.29) is 29.9 Å². The van der Waals surface area contributed by atoms with Gasteiger partial charge in [-0.25, -0.2) is 13.9 Å². The largest absolute Gasteiger partial charge is 0.457 e. The lowest BCUT2D eigenvalue weighted by atomic mass is 9.87. The summed E-state index contributed by atoms with van der Waals surface area (Å²) >= 11 is 5.85. The van der Waals surface area contributed by atoms with Gasteiger partial charge >= 0.3 is 0 Å². The minimum absolute atomic E-state index is 0.0186. The number of fused-ring (bicyclic) bond motifs is 2. The van der Waals surface area contributed by atoms with Gasteiger partial charge in [0.15, 0.2) is 0 Å². The van der Waals surface area contributed by atoms with Crippen molar-refractivity contribution in [3.63, 3.8) is 0 Å². The van der Waals surface area contributed by atoms with Crippen LogP contribution in [0.2, 0.25) is 5.02 Å². The zero-order chi connectivity index (χ0) is 21.4. The van der Waals surface area contributed by atoms with E-state index in [4.69, 9.17) is 21.1 Å². The molecule has 2 bridgehead atoms. The molecule has 8 nitrogen and oxygen atoms in total. The second kappa shape index (κ2) is 8.16. The monoisotopic (exact) mass is 452 g/mol. The summed E-state index contributed by atoms with van der Waals surface area (Å²) in [5, 5.41) is 9.79. The molecule has 0 spiro atoms. The van der Waals surface area contributed by atoms with Crippen molar-refractivity contribution >= 4 is 27.5 Å². The van der Waals surface area contributed by atoms with E-state index in [9.17, 15) is 18.4 Å². The normalized spacial score (nSPS) is 25.7. The molecule has 4 rings (SSSR count). The highest BCUT2D eigenvalue weighted by atomic mass is 35.5. The number of nitrogens with one attached hydrogen (secondary N) is 2. The zero-order valence-corrected chi connectivity index (χ0v) is 17.4. The summed E-state index contributed by atoms with van der Waals surface area (Å²) < 4.78 is 39.9. The molecule has 2 aromatic carbocycles. The van der Waals surface area contributed by atoms with Crippen LogP contribution in [-0.4, -0.2) is 37.3 Å². The van der Waals surface area contributed by atoms with Crippen molar-refractivity contribution in [3.05, 3.63) is 53.6 Å². The van der Waals surface area contributed by atoms with Gasteiger partial charge < -0.3 is 9.47 Å². The second-order valence-corrected chi connectivity index (χ2v) is 9.64. The molecule has 2 aliphatic rings. The number of benzene rings is 2. The van der Waals surface area contributed by atoms with E-state index in [1.807, 2.05) is 0 Å². The lowest BCUT2D eigenvalue weighted by Crippen LogP contribution is -2.62. The summed E-state index contributed by atoms with van der Waals surface area (Å²) in [5.74, 6) is 0.224. The standard InChI is InChI=1S/C20H21ClN2O6S/c21-13-1-3-14(4-2-13)28-15-7-9-18(10-8-15)30(26,27)23-20(19(24)22-25)11-16-5-6-17(12-20)29-16/h1-4,7-10,16-17,23,25H,5-6,11-12H2,(H,22,24)/t16-,17+,20?. The van der Waals surface area contributed by atoms with Crippen LogP contribution in [0.1, 0.15) is 25.7 Å². The lowest BCUT2D eigenvalue weighted by molar-refractivity contribution is -0.142. The van der Waals surface area contributed by atoms with E-state index < -0.39 is 21.5 Å². The van der Waals surface area contributed by atoms with E-state index in [1.54, 1.807) is 29.7 Å². The van der Waals surface area contributed by atoms with Gasteiger partial charge in [0.05, 0.1) is 17.1 Å². The Morgan fingerprint density at radius 2 is 1.57 bits per heavy atom. The van der Waals surface area contributed by atoms with Gasteiger partial charge in [-0.2, -0.15) is 4.72 Å². The van der Waals surface area contributed by atoms with Gasteiger partial charge in [0.25, 0.3) is 5.91 Å². The minimum atomic E-state index is -4.04. The number of hydrogen-bond acceptors (Lipinski definition) is 6. The molecule has 2 fully saturated rings. The first-order valence-electron chi connectivity index (χ1n) is 9.47. The fraction of sp³-hybridized carbons (Fsp3) is 0.350. The van der Waals surface area contributed by atoms with Crippen LogP contribution in [-0.2, 0) is 19.6 Å². The predicted molar refractivity (Wildman–Crippen MR) is 108 cm³/mol. The van der Waals surface area contributed by atoms with E-state index in [1.165, 1.54) is 24.3 Å². The fourth-order valence-corrected chi connectivity index (χ4v) is 5.52. The molecule has 2 heterocycles. The first-order chi connectivity index (χ1) is 14.3. The van der Waals surface area contributed by atoms with E-state index in [2.05, 4.69) is 4.72 Å². The molecule has 2 aromatic rings. The first-order valence-corrected chi connectivity index (χ1v) is 11.3. The number of hydroxylamine groups is 1. The van der Waals surface area contributed by atoms with Gasteiger partial charge in [-0.05, 0) is 61.4 Å².